The van der Waals surface area contributed by atoms with E-state index in [4.69, 9.17) is 14.7 Å². The Bertz CT molecular complexity index is 858. The molecule has 0 atom stereocenters. The summed E-state index contributed by atoms with van der Waals surface area (Å²) in [5, 5.41) is 11.6. The number of hydrogen-bond acceptors (Lipinski definition) is 5. The normalized spacial score (nSPS) is 9.77. The van der Waals surface area contributed by atoms with Gasteiger partial charge in [0.15, 0.2) is 0 Å². The Morgan fingerprint density at radius 1 is 1.15 bits per heavy atom. The van der Waals surface area contributed by atoms with Crippen molar-refractivity contribution in [3.8, 4) is 17.6 Å². The van der Waals surface area contributed by atoms with E-state index in [1.54, 1.807) is 42.5 Å². The van der Waals surface area contributed by atoms with Crippen LogP contribution in [0.1, 0.15) is 12.5 Å². The monoisotopic (exact) mass is 353 g/mol. The minimum Gasteiger partial charge on any atom is -0.497 e. The highest BCUT2D eigenvalue weighted by atomic mass is 16.5. The van der Waals surface area contributed by atoms with Gasteiger partial charge in [-0.25, -0.2) is 0 Å². The van der Waals surface area contributed by atoms with Crippen LogP contribution in [0.4, 0.5) is 11.4 Å². The summed E-state index contributed by atoms with van der Waals surface area (Å²) in [6.45, 7) is 1.15. The van der Waals surface area contributed by atoms with Crippen LogP contribution in [0, 0.1) is 11.3 Å². The van der Waals surface area contributed by atoms with E-state index in [0.29, 0.717) is 28.4 Å². The van der Waals surface area contributed by atoms with Crippen molar-refractivity contribution in [3.05, 3.63) is 48.0 Å². The van der Waals surface area contributed by atoms with Gasteiger partial charge in [0, 0.05) is 18.7 Å². The summed E-state index contributed by atoms with van der Waals surface area (Å²) in [7, 11) is 3.00. The first-order valence-electron chi connectivity index (χ1n) is 7.78. The Balaban J connectivity index is 2.24. The number of nitriles is 1. The molecule has 0 aliphatic heterocycles. The lowest BCUT2D eigenvalue weighted by molar-refractivity contribution is -0.120. The molecule has 0 aliphatic carbocycles. The van der Waals surface area contributed by atoms with E-state index in [0.717, 1.165) is 0 Å². The third-order valence-corrected chi connectivity index (χ3v) is 3.63. The first kappa shape index (κ1) is 18.8. The summed E-state index contributed by atoms with van der Waals surface area (Å²) in [4.78, 5) is 25.8. The topological polar surface area (TPSA) is 91.7 Å². The SMILES string of the molecule is COc1ccc(OC)c(N(CC(=O)Nc2cccc(C#N)c2)C(C)=O)c1. The van der Waals surface area contributed by atoms with Crippen LogP contribution in [0.15, 0.2) is 42.5 Å². The molecular formula is C19H19N3O4. The zero-order valence-electron chi connectivity index (χ0n) is 14.8. The van der Waals surface area contributed by atoms with Gasteiger partial charge < -0.3 is 14.8 Å². The standard InChI is InChI=1S/C19H19N3O4/c1-13(23)22(17-10-16(25-2)7-8-18(17)26-3)12-19(24)21-15-6-4-5-14(9-15)11-20/h4-10H,12H2,1-3H3,(H,21,24). The highest BCUT2D eigenvalue weighted by molar-refractivity contribution is 6.02. The Morgan fingerprint density at radius 3 is 2.54 bits per heavy atom. The van der Waals surface area contributed by atoms with Gasteiger partial charge in [-0.05, 0) is 30.3 Å². The van der Waals surface area contributed by atoms with Crippen molar-refractivity contribution >= 4 is 23.2 Å². The fourth-order valence-corrected chi connectivity index (χ4v) is 2.38. The van der Waals surface area contributed by atoms with Crippen molar-refractivity contribution in [1.29, 1.82) is 5.26 Å². The van der Waals surface area contributed by atoms with Crippen LogP contribution in [0.5, 0.6) is 11.5 Å². The van der Waals surface area contributed by atoms with Gasteiger partial charge in [0.2, 0.25) is 11.8 Å². The molecule has 26 heavy (non-hydrogen) atoms. The molecule has 0 aromatic heterocycles. The molecule has 2 rings (SSSR count). The molecule has 0 bridgehead atoms. The molecule has 0 spiro atoms. The minimum atomic E-state index is -0.403. The number of anilines is 2. The fraction of sp³-hybridized carbons (Fsp3) is 0.211. The van der Waals surface area contributed by atoms with Crippen LogP contribution in [0.25, 0.3) is 0 Å². The van der Waals surface area contributed by atoms with Crippen LogP contribution in [0.3, 0.4) is 0 Å². The lowest BCUT2D eigenvalue weighted by Gasteiger charge is -2.23. The van der Waals surface area contributed by atoms with Gasteiger partial charge >= 0.3 is 0 Å². The van der Waals surface area contributed by atoms with Crippen LogP contribution in [-0.4, -0.2) is 32.6 Å². The second-order valence-electron chi connectivity index (χ2n) is 5.38. The summed E-state index contributed by atoms with van der Waals surface area (Å²) < 4.78 is 10.5. The summed E-state index contributed by atoms with van der Waals surface area (Å²) in [6, 6.07) is 13.5. The number of hydrogen-bond donors (Lipinski definition) is 1. The first-order chi connectivity index (χ1) is 12.5. The molecule has 134 valence electrons. The number of benzene rings is 2. The molecule has 7 heteroatoms. The molecule has 0 fully saturated rings. The average Bonchev–Trinajstić information content (AvgIpc) is 2.65. The van der Waals surface area contributed by atoms with E-state index in [1.165, 1.54) is 26.0 Å². The van der Waals surface area contributed by atoms with Gasteiger partial charge in [0.25, 0.3) is 0 Å². The molecule has 0 unspecified atom stereocenters. The fourth-order valence-electron chi connectivity index (χ4n) is 2.38. The van der Waals surface area contributed by atoms with Gasteiger partial charge in [-0.3, -0.25) is 14.5 Å². The van der Waals surface area contributed by atoms with E-state index in [9.17, 15) is 9.59 Å². The predicted molar refractivity (Wildman–Crippen MR) is 97.4 cm³/mol. The highest BCUT2D eigenvalue weighted by Gasteiger charge is 2.20. The molecule has 0 aliphatic rings. The molecule has 2 aromatic rings. The predicted octanol–water partition coefficient (Wildman–Crippen LogP) is 2.57. The Morgan fingerprint density at radius 2 is 1.92 bits per heavy atom. The third kappa shape index (κ3) is 4.51. The van der Waals surface area contributed by atoms with E-state index in [2.05, 4.69) is 5.32 Å². The molecule has 0 heterocycles. The second kappa shape index (κ2) is 8.53. The molecule has 0 saturated carbocycles. The Labute approximate surface area is 151 Å². The number of methoxy groups -OCH3 is 2. The summed E-state index contributed by atoms with van der Waals surface area (Å²) in [5.74, 6) is 0.257. The van der Waals surface area contributed by atoms with Crippen molar-refractivity contribution in [2.75, 3.05) is 31.0 Å². The van der Waals surface area contributed by atoms with Gasteiger partial charge in [-0.15, -0.1) is 0 Å². The summed E-state index contributed by atoms with van der Waals surface area (Å²) in [6.07, 6.45) is 0. The highest BCUT2D eigenvalue weighted by Crippen LogP contribution is 2.32. The molecule has 1 N–H and O–H groups in total. The summed E-state index contributed by atoms with van der Waals surface area (Å²) in [5.41, 5.74) is 1.34. The molecular weight excluding hydrogens is 334 g/mol. The lowest BCUT2D eigenvalue weighted by Crippen LogP contribution is -2.37. The largest absolute Gasteiger partial charge is 0.497 e. The van der Waals surface area contributed by atoms with Crippen molar-refractivity contribution in [1.82, 2.24) is 0 Å². The minimum absolute atomic E-state index is 0.213. The van der Waals surface area contributed by atoms with E-state index < -0.39 is 5.91 Å². The average molecular weight is 353 g/mol. The van der Waals surface area contributed by atoms with Gasteiger partial charge in [0.05, 0.1) is 31.5 Å². The van der Waals surface area contributed by atoms with Crippen LogP contribution in [-0.2, 0) is 9.59 Å². The number of amides is 2. The van der Waals surface area contributed by atoms with Gasteiger partial charge in [0.1, 0.15) is 18.0 Å². The number of ether oxygens (including phenoxy) is 2. The number of rotatable bonds is 6. The van der Waals surface area contributed by atoms with Crippen molar-refractivity contribution in [3.63, 3.8) is 0 Å². The maximum atomic E-state index is 12.4. The molecule has 2 amide bonds. The van der Waals surface area contributed by atoms with Crippen LogP contribution < -0.4 is 19.7 Å². The third-order valence-electron chi connectivity index (χ3n) is 3.63. The number of nitrogens with one attached hydrogen (secondary N) is 1. The smallest absolute Gasteiger partial charge is 0.244 e. The zero-order valence-corrected chi connectivity index (χ0v) is 14.8. The van der Waals surface area contributed by atoms with E-state index in [-0.39, 0.29) is 12.5 Å². The van der Waals surface area contributed by atoms with Crippen LogP contribution in [0.2, 0.25) is 0 Å². The quantitative estimate of drug-likeness (QED) is 0.862. The number of carbonyl (C=O) groups is 2. The summed E-state index contributed by atoms with van der Waals surface area (Å²) >= 11 is 0. The van der Waals surface area contributed by atoms with E-state index in [1.807, 2.05) is 6.07 Å². The lowest BCUT2D eigenvalue weighted by atomic mass is 10.2. The van der Waals surface area contributed by atoms with Gasteiger partial charge in [-0.1, -0.05) is 6.07 Å². The zero-order chi connectivity index (χ0) is 19.1. The molecule has 7 nitrogen and oxygen atoms in total. The number of nitrogens with zero attached hydrogens (tertiary/aromatic N) is 2. The number of carbonyl (C=O) groups excluding carboxylic acids is 2. The van der Waals surface area contributed by atoms with Crippen molar-refractivity contribution in [2.45, 2.75) is 6.92 Å². The van der Waals surface area contributed by atoms with Crippen molar-refractivity contribution < 1.29 is 19.1 Å². The second-order valence-corrected chi connectivity index (χ2v) is 5.38. The Hall–Kier alpha value is -3.53. The molecule has 2 aromatic carbocycles. The molecule has 0 saturated heterocycles. The Kier molecular flexibility index (Phi) is 6.17. The maximum Gasteiger partial charge on any atom is 0.244 e. The molecule has 0 radical (unpaired) electrons. The van der Waals surface area contributed by atoms with E-state index >= 15 is 0 Å². The first-order valence-corrected chi connectivity index (χ1v) is 7.78. The van der Waals surface area contributed by atoms with Gasteiger partial charge in [-0.2, -0.15) is 5.26 Å². The van der Waals surface area contributed by atoms with Crippen molar-refractivity contribution in [2.24, 2.45) is 0 Å². The maximum absolute atomic E-state index is 12.4. The van der Waals surface area contributed by atoms with Crippen LogP contribution >= 0.6 is 0 Å².